The van der Waals surface area contributed by atoms with Crippen LogP contribution in [0, 0.1) is 0 Å². The molecule has 4 aromatic rings. The van der Waals surface area contributed by atoms with Crippen LogP contribution in [-0.4, -0.2) is 28.8 Å². The highest BCUT2D eigenvalue weighted by molar-refractivity contribution is 6.31. The summed E-state index contributed by atoms with van der Waals surface area (Å²) in [6.45, 7) is 2.12. The summed E-state index contributed by atoms with van der Waals surface area (Å²) in [5.74, 6) is -1.01. The van der Waals surface area contributed by atoms with Crippen LogP contribution in [-0.2, 0) is 17.8 Å². The molecule has 0 saturated carbocycles. The van der Waals surface area contributed by atoms with Gasteiger partial charge in [0.15, 0.2) is 22.9 Å². The smallest absolute Gasteiger partial charge is 0.290 e. The Balaban J connectivity index is 1.61. The van der Waals surface area contributed by atoms with Gasteiger partial charge in [0.2, 0.25) is 5.78 Å². The van der Waals surface area contributed by atoms with Crippen molar-refractivity contribution in [2.75, 3.05) is 7.11 Å². The summed E-state index contributed by atoms with van der Waals surface area (Å²) in [7, 11) is 1.47. The Kier molecular flexibility index (Phi) is 5.86. The van der Waals surface area contributed by atoms with Crippen LogP contribution in [0.25, 0.3) is 11.0 Å². The lowest BCUT2D eigenvalue weighted by molar-refractivity contribution is -0.130. The summed E-state index contributed by atoms with van der Waals surface area (Å²) in [4.78, 5) is 28.3. The Bertz CT molecular complexity index is 1450. The van der Waals surface area contributed by atoms with Gasteiger partial charge in [-0.15, -0.1) is 0 Å². The van der Waals surface area contributed by atoms with Crippen LogP contribution in [0.3, 0.4) is 0 Å². The van der Waals surface area contributed by atoms with Crippen molar-refractivity contribution in [2.24, 2.45) is 0 Å². The van der Waals surface area contributed by atoms with Gasteiger partial charge in [-0.2, -0.15) is 0 Å². The number of amides is 1. The Morgan fingerprint density at radius 3 is 2.60 bits per heavy atom. The van der Waals surface area contributed by atoms with Gasteiger partial charge < -0.3 is 23.6 Å². The van der Waals surface area contributed by atoms with E-state index in [1.54, 1.807) is 24.3 Å². The molecule has 0 radical (unpaired) electrons. The number of aliphatic hydroxyl groups excluding tert-OH is 1. The molecule has 0 saturated heterocycles. The van der Waals surface area contributed by atoms with Gasteiger partial charge in [-0.3, -0.25) is 9.59 Å². The number of carbonyl (C=O) groups is 2. The quantitative estimate of drug-likeness (QED) is 0.317. The zero-order chi connectivity index (χ0) is 24.7. The molecule has 8 heteroatoms. The minimum absolute atomic E-state index is 0.0371. The number of nitrogens with zero attached hydrogens (tertiary/aromatic N) is 1. The molecule has 5 rings (SSSR count). The average Bonchev–Trinajstić information content (AvgIpc) is 3.59. The largest absolute Gasteiger partial charge is 0.503 e. The molecule has 1 amide bonds. The monoisotopic (exact) mass is 491 g/mol. The summed E-state index contributed by atoms with van der Waals surface area (Å²) >= 11 is 6.16. The first-order valence-corrected chi connectivity index (χ1v) is 11.5. The number of methoxy groups -OCH3 is 1. The van der Waals surface area contributed by atoms with Crippen molar-refractivity contribution in [3.8, 4) is 5.75 Å². The van der Waals surface area contributed by atoms with Crippen molar-refractivity contribution in [1.29, 1.82) is 0 Å². The average molecular weight is 492 g/mol. The van der Waals surface area contributed by atoms with E-state index in [9.17, 15) is 14.7 Å². The van der Waals surface area contributed by atoms with E-state index in [0.29, 0.717) is 33.1 Å². The van der Waals surface area contributed by atoms with Crippen LogP contribution in [0.1, 0.15) is 40.4 Å². The summed E-state index contributed by atoms with van der Waals surface area (Å²) in [6.07, 6.45) is 2.35. The molecular weight excluding hydrogens is 470 g/mol. The van der Waals surface area contributed by atoms with Gasteiger partial charge in [0.25, 0.3) is 5.91 Å². The molecule has 0 bridgehead atoms. The van der Waals surface area contributed by atoms with E-state index in [1.807, 2.05) is 31.2 Å². The van der Waals surface area contributed by atoms with E-state index < -0.39 is 23.5 Å². The number of Topliss-reactive ketones (excluding diaryl/α,β-unsaturated/α-hetero) is 1. The van der Waals surface area contributed by atoms with Gasteiger partial charge in [0, 0.05) is 16.5 Å². The Morgan fingerprint density at radius 1 is 1.17 bits per heavy atom. The summed E-state index contributed by atoms with van der Waals surface area (Å²) < 4.78 is 16.6. The third-order valence-corrected chi connectivity index (χ3v) is 6.37. The van der Waals surface area contributed by atoms with Crippen molar-refractivity contribution in [3.05, 3.63) is 99.9 Å². The number of rotatable bonds is 7. The summed E-state index contributed by atoms with van der Waals surface area (Å²) in [5, 5.41) is 11.9. The third kappa shape index (κ3) is 3.98. The maximum absolute atomic E-state index is 13.7. The lowest BCUT2D eigenvalue weighted by Gasteiger charge is -2.26. The maximum Gasteiger partial charge on any atom is 0.290 e. The molecule has 178 valence electrons. The number of carbonyl (C=O) groups excluding carboxylic acids is 2. The number of halogens is 1. The van der Waals surface area contributed by atoms with Gasteiger partial charge in [0.1, 0.15) is 5.76 Å². The summed E-state index contributed by atoms with van der Waals surface area (Å²) in [6, 6.07) is 15.0. The van der Waals surface area contributed by atoms with Crippen LogP contribution in [0.2, 0.25) is 5.02 Å². The van der Waals surface area contributed by atoms with Crippen molar-refractivity contribution in [1.82, 2.24) is 4.90 Å². The Morgan fingerprint density at radius 2 is 1.94 bits per heavy atom. The number of furan rings is 2. The van der Waals surface area contributed by atoms with Gasteiger partial charge in [-0.25, -0.2) is 0 Å². The van der Waals surface area contributed by atoms with Crippen LogP contribution in [0.5, 0.6) is 5.75 Å². The molecule has 2 aromatic heterocycles. The van der Waals surface area contributed by atoms with Gasteiger partial charge in [-0.05, 0) is 41.8 Å². The highest BCUT2D eigenvalue weighted by Gasteiger charge is 2.45. The maximum atomic E-state index is 13.7. The second-order valence-corrected chi connectivity index (χ2v) is 8.67. The molecule has 1 aliphatic heterocycles. The van der Waals surface area contributed by atoms with Gasteiger partial charge in [-0.1, -0.05) is 42.8 Å². The number of hydrogen-bond donors (Lipinski definition) is 1. The van der Waals surface area contributed by atoms with Gasteiger partial charge >= 0.3 is 0 Å². The SMILES string of the molecule is CCc1ccc(C2C(C(=O)c3cc4cc(Cl)cc(OC)c4o3)=C(O)C(=O)N2Cc2ccco2)cc1. The minimum atomic E-state index is -0.829. The second-order valence-electron chi connectivity index (χ2n) is 8.24. The molecular formula is C27H22ClNO6. The predicted molar refractivity (Wildman–Crippen MR) is 130 cm³/mol. The molecule has 0 spiro atoms. The van der Waals surface area contributed by atoms with E-state index in [4.69, 9.17) is 25.2 Å². The van der Waals surface area contributed by atoms with E-state index in [-0.39, 0.29) is 17.9 Å². The fourth-order valence-electron chi connectivity index (χ4n) is 4.38. The number of hydrogen-bond acceptors (Lipinski definition) is 6. The van der Waals surface area contributed by atoms with E-state index in [0.717, 1.165) is 12.0 Å². The second kappa shape index (κ2) is 9.00. The Labute approximate surface area is 206 Å². The first-order chi connectivity index (χ1) is 16.9. The van der Waals surface area contributed by atoms with Gasteiger partial charge in [0.05, 0.1) is 31.5 Å². The molecule has 7 nitrogen and oxygen atoms in total. The number of benzene rings is 2. The first-order valence-electron chi connectivity index (χ1n) is 11.1. The number of ketones is 1. The number of ether oxygens (including phenoxy) is 1. The topological polar surface area (TPSA) is 93.1 Å². The van der Waals surface area contributed by atoms with Crippen LogP contribution in [0.4, 0.5) is 0 Å². The molecule has 35 heavy (non-hydrogen) atoms. The molecule has 3 heterocycles. The molecule has 1 unspecified atom stereocenters. The van der Waals surface area contributed by atoms with Crippen LogP contribution >= 0.6 is 11.6 Å². The lowest BCUT2D eigenvalue weighted by Crippen LogP contribution is -2.30. The van der Waals surface area contributed by atoms with E-state index >= 15 is 0 Å². The van der Waals surface area contributed by atoms with E-state index in [1.165, 1.54) is 24.3 Å². The lowest BCUT2D eigenvalue weighted by atomic mass is 9.94. The fourth-order valence-corrected chi connectivity index (χ4v) is 4.60. The molecule has 0 aliphatic carbocycles. The Hall–Kier alpha value is -3.97. The van der Waals surface area contributed by atoms with Crippen molar-refractivity contribution >= 4 is 34.3 Å². The highest BCUT2D eigenvalue weighted by atomic mass is 35.5. The number of fused-ring (bicyclic) bond motifs is 1. The van der Waals surface area contributed by atoms with E-state index in [2.05, 4.69) is 0 Å². The molecule has 1 N–H and O–H groups in total. The molecule has 1 atom stereocenters. The standard InChI is InChI=1S/C27H22ClNO6/c1-3-15-6-8-16(9-7-15)23-22(25(31)27(32)29(23)14-19-5-4-10-34-19)24(30)20-12-17-11-18(28)13-21(33-2)26(17)35-20/h4-13,23,31H,3,14H2,1-2H3. The minimum Gasteiger partial charge on any atom is -0.503 e. The molecule has 1 aliphatic rings. The number of aliphatic hydroxyl groups is 1. The van der Waals surface area contributed by atoms with Crippen LogP contribution < -0.4 is 4.74 Å². The van der Waals surface area contributed by atoms with Crippen molar-refractivity contribution in [3.63, 3.8) is 0 Å². The normalized spacial score (nSPS) is 15.9. The zero-order valence-electron chi connectivity index (χ0n) is 19.1. The van der Waals surface area contributed by atoms with Crippen molar-refractivity contribution < 1.29 is 28.3 Å². The molecule has 2 aromatic carbocycles. The fraction of sp³-hybridized carbons (Fsp3) is 0.185. The first kappa shape index (κ1) is 22.8. The summed E-state index contributed by atoms with van der Waals surface area (Å²) in [5.41, 5.74) is 2.08. The van der Waals surface area contributed by atoms with Crippen LogP contribution in [0.15, 0.2) is 81.0 Å². The number of aryl methyl sites for hydroxylation is 1. The highest BCUT2D eigenvalue weighted by Crippen LogP contribution is 2.41. The molecule has 0 fully saturated rings. The van der Waals surface area contributed by atoms with Crippen molar-refractivity contribution in [2.45, 2.75) is 25.9 Å². The third-order valence-electron chi connectivity index (χ3n) is 6.15. The predicted octanol–water partition coefficient (Wildman–Crippen LogP) is 6.03. The zero-order valence-corrected chi connectivity index (χ0v) is 19.8.